The van der Waals surface area contributed by atoms with E-state index in [1.54, 1.807) is 6.07 Å². The third kappa shape index (κ3) is 6.28. The summed E-state index contributed by atoms with van der Waals surface area (Å²) in [4.78, 5) is 13.2. The summed E-state index contributed by atoms with van der Waals surface area (Å²) in [7, 11) is -4.65. The van der Waals surface area contributed by atoms with Gasteiger partial charge in [0.05, 0.1) is 10.5 Å². The molecule has 0 radical (unpaired) electrons. The average Bonchev–Trinajstić information content (AvgIpc) is 2.81. The van der Waals surface area contributed by atoms with Crippen LogP contribution in [0.25, 0.3) is 0 Å². The second-order valence-electron chi connectivity index (χ2n) is 9.19. The molecule has 2 saturated carbocycles. The summed E-state index contributed by atoms with van der Waals surface area (Å²) in [5.74, 6) is 0.0245. The first-order valence-corrected chi connectivity index (χ1v) is 16.3. The van der Waals surface area contributed by atoms with Crippen molar-refractivity contribution >= 4 is 83.9 Å². The Morgan fingerprint density at radius 1 is 0.824 bits per heavy atom. The molecule has 0 heterocycles. The highest BCUT2D eigenvalue weighted by Gasteiger charge is 2.28. The topological polar surface area (TPSA) is 83.5 Å². The first-order chi connectivity index (χ1) is 16.1. The molecule has 0 unspecified atom stereocenters. The van der Waals surface area contributed by atoms with Crippen LogP contribution < -0.4 is 4.74 Å². The Kier molecular flexibility index (Phi) is 9.23. The van der Waals surface area contributed by atoms with Crippen LogP contribution in [-0.2, 0) is 10.1 Å². The third-order valence-electron chi connectivity index (χ3n) is 6.92. The third-order valence-corrected chi connectivity index (χ3v) is 11.5. The van der Waals surface area contributed by atoms with Crippen LogP contribution in [0.4, 0.5) is 0 Å². The first kappa shape index (κ1) is 27.1. The number of carbonyl (C=O) groups is 1. The summed E-state index contributed by atoms with van der Waals surface area (Å²) in [6.45, 7) is 0. The lowest BCUT2D eigenvalue weighted by Crippen LogP contribution is -2.17. The van der Waals surface area contributed by atoms with Gasteiger partial charge in [-0.3, -0.25) is 0 Å². The summed E-state index contributed by atoms with van der Waals surface area (Å²) in [5.41, 5.74) is 1.69. The molecule has 0 spiro atoms. The summed E-state index contributed by atoms with van der Waals surface area (Å²) < 4.78 is 45.8. The van der Waals surface area contributed by atoms with Gasteiger partial charge in [0.1, 0.15) is 15.9 Å². The van der Waals surface area contributed by atoms with Gasteiger partial charge in [0.25, 0.3) is 0 Å². The molecule has 2 aliphatic carbocycles. The molecule has 0 N–H and O–H groups in total. The van der Waals surface area contributed by atoms with Crippen molar-refractivity contribution in [1.82, 2.24) is 0 Å². The monoisotopic (exact) mass is 819 g/mol. The lowest BCUT2D eigenvalue weighted by atomic mass is 9.80. The molecule has 0 bridgehead atoms. The van der Waals surface area contributed by atoms with Gasteiger partial charge in [-0.1, -0.05) is 38.5 Å². The van der Waals surface area contributed by atoms with E-state index in [2.05, 4.69) is 67.8 Å². The van der Waals surface area contributed by atoms with Gasteiger partial charge < -0.3 is 9.29 Å². The molecule has 0 aromatic heterocycles. The normalized spacial score (nSPS) is 18.1. The van der Waals surface area contributed by atoms with Gasteiger partial charge in [-0.15, -0.1) is 0 Å². The molecular weight excluding hydrogens is 793 g/mol. The molecule has 0 amide bonds. The van der Waals surface area contributed by atoms with Gasteiger partial charge in [-0.05, 0) is 141 Å². The highest BCUT2D eigenvalue weighted by atomic mass is 127. The average molecular weight is 819 g/mol. The Labute approximate surface area is 242 Å². The van der Waals surface area contributed by atoms with Crippen molar-refractivity contribution < 1.29 is 22.5 Å². The second-order valence-corrected chi connectivity index (χ2v) is 14.0. The second kappa shape index (κ2) is 11.6. The number of rotatable bonds is 5. The van der Waals surface area contributed by atoms with Gasteiger partial charge in [0.15, 0.2) is 0 Å². The van der Waals surface area contributed by atoms with E-state index in [4.69, 9.17) is 4.74 Å². The summed E-state index contributed by atoms with van der Waals surface area (Å²) in [6, 6.07) is 7.05. The van der Waals surface area contributed by atoms with E-state index in [0.717, 1.165) is 74.9 Å². The SMILES string of the molecule is O=C(Oc1cc(C2CCCCC2)c(S(=O)(=O)[O-])cc1C1CCCCC1)c1cc(I)cc(I)c1I. The number of esters is 1. The fraction of sp³-hybridized carbons (Fsp3) is 0.480. The Balaban J connectivity index is 1.82. The minimum atomic E-state index is -4.65. The largest absolute Gasteiger partial charge is 0.744 e. The Hall–Kier alpha value is 0.0100. The zero-order valence-electron chi connectivity index (χ0n) is 18.6. The van der Waals surface area contributed by atoms with Crippen molar-refractivity contribution in [2.75, 3.05) is 0 Å². The van der Waals surface area contributed by atoms with Crippen molar-refractivity contribution in [3.05, 3.63) is 51.7 Å². The molecule has 2 aliphatic rings. The van der Waals surface area contributed by atoms with Crippen LogP contribution >= 0.6 is 67.8 Å². The summed E-state index contributed by atoms with van der Waals surface area (Å²) >= 11 is 6.55. The highest BCUT2D eigenvalue weighted by molar-refractivity contribution is 14.1. The molecule has 184 valence electrons. The van der Waals surface area contributed by atoms with E-state index in [1.807, 2.05) is 12.1 Å². The zero-order chi connectivity index (χ0) is 24.5. The number of ether oxygens (including phenoxy) is 1. The van der Waals surface area contributed by atoms with E-state index < -0.39 is 16.1 Å². The molecule has 0 aliphatic heterocycles. The van der Waals surface area contributed by atoms with E-state index in [1.165, 1.54) is 6.07 Å². The van der Waals surface area contributed by atoms with Crippen LogP contribution in [0, 0.1) is 10.7 Å². The molecule has 34 heavy (non-hydrogen) atoms. The van der Waals surface area contributed by atoms with Crippen LogP contribution in [0.1, 0.15) is 97.5 Å². The molecule has 2 aromatic carbocycles. The van der Waals surface area contributed by atoms with Crippen molar-refractivity contribution in [3.8, 4) is 5.75 Å². The number of halogens is 3. The quantitative estimate of drug-likeness (QED) is 0.102. The van der Waals surface area contributed by atoms with E-state index >= 15 is 0 Å². The standard InChI is InChI=1S/C25H27I3O5S/c26-17-11-20(24(28)21(27)12-17)25(29)33-22-13-19(16-9-5-2-6-10-16)23(34(30,31)32)14-18(22)15-7-3-1-4-8-15/h11-16H,1-10H2,(H,30,31,32)/p-1. The highest BCUT2D eigenvalue weighted by Crippen LogP contribution is 2.44. The first-order valence-electron chi connectivity index (χ1n) is 11.7. The molecule has 2 fully saturated rings. The number of hydrogen-bond donors (Lipinski definition) is 0. The van der Waals surface area contributed by atoms with Crippen molar-refractivity contribution in [3.63, 3.8) is 0 Å². The zero-order valence-corrected chi connectivity index (χ0v) is 25.9. The lowest BCUT2D eigenvalue weighted by molar-refractivity contribution is 0.0730. The molecule has 0 atom stereocenters. The maximum atomic E-state index is 13.3. The maximum Gasteiger partial charge on any atom is 0.344 e. The van der Waals surface area contributed by atoms with Gasteiger partial charge in [-0.25, -0.2) is 13.2 Å². The number of carbonyl (C=O) groups excluding carboxylic acids is 1. The molecule has 5 nitrogen and oxygen atoms in total. The fourth-order valence-electron chi connectivity index (χ4n) is 5.22. The maximum absolute atomic E-state index is 13.3. The van der Waals surface area contributed by atoms with Gasteiger partial charge in [0, 0.05) is 10.7 Å². The van der Waals surface area contributed by atoms with Crippen LogP contribution in [0.3, 0.4) is 0 Å². The number of benzene rings is 2. The summed E-state index contributed by atoms with van der Waals surface area (Å²) in [5, 5.41) is 0. The summed E-state index contributed by atoms with van der Waals surface area (Å²) in [6.07, 6.45) is 9.79. The minimum absolute atomic E-state index is 0.0101. The predicted molar refractivity (Wildman–Crippen MR) is 156 cm³/mol. The predicted octanol–water partition coefficient (Wildman–Crippen LogP) is 7.72. The van der Waals surface area contributed by atoms with E-state index in [9.17, 15) is 17.8 Å². The Morgan fingerprint density at radius 2 is 1.38 bits per heavy atom. The van der Waals surface area contributed by atoms with Crippen LogP contribution in [-0.4, -0.2) is 18.9 Å². The smallest absolute Gasteiger partial charge is 0.344 e. The van der Waals surface area contributed by atoms with Crippen molar-refractivity contribution in [2.45, 2.75) is 80.9 Å². The van der Waals surface area contributed by atoms with E-state index in [0.29, 0.717) is 22.4 Å². The lowest BCUT2D eigenvalue weighted by Gasteiger charge is -2.29. The van der Waals surface area contributed by atoms with Gasteiger partial charge >= 0.3 is 5.97 Å². The molecule has 9 heteroatoms. The van der Waals surface area contributed by atoms with Crippen LogP contribution in [0.15, 0.2) is 29.2 Å². The fourth-order valence-corrected chi connectivity index (χ4v) is 8.38. The molecule has 0 saturated heterocycles. The van der Waals surface area contributed by atoms with Crippen molar-refractivity contribution in [2.24, 2.45) is 0 Å². The van der Waals surface area contributed by atoms with Crippen LogP contribution in [0.2, 0.25) is 0 Å². The molecule has 4 rings (SSSR count). The van der Waals surface area contributed by atoms with Gasteiger partial charge in [0.2, 0.25) is 0 Å². The van der Waals surface area contributed by atoms with Crippen LogP contribution in [0.5, 0.6) is 5.75 Å². The van der Waals surface area contributed by atoms with Crippen molar-refractivity contribution in [1.29, 1.82) is 0 Å². The molecule has 2 aromatic rings. The van der Waals surface area contributed by atoms with E-state index in [-0.39, 0.29) is 16.7 Å². The van der Waals surface area contributed by atoms with Gasteiger partial charge in [-0.2, -0.15) is 0 Å². The number of hydrogen-bond acceptors (Lipinski definition) is 5. The molecular formula is C25H26I3O5S-. The Morgan fingerprint density at radius 3 is 1.94 bits per heavy atom. The minimum Gasteiger partial charge on any atom is -0.744 e. The Bertz CT molecular complexity index is 1180.